The average molecular weight is 346 g/mol. The molecule has 1 fully saturated rings. The minimum atomic E-state index is -0.447. The van der Waals surface area contributed by atoms with Crippen molar-refractivity contribution >= 4 is 23.7 Å². The van der Waals surface area contributed by atoms with Gasteiger partial charge in [0.1, 0.15) is 0 Å². The Kier molecular flexibility index (Phi) is 4.79. The van der Waals surface area contributed by atoms with Crippen molar-refractivity contribution in [1.82, 2.24) is 30.8 Å². The molecule has 0 bridgehead atoms. The van der Waals surface area contributed by atoms with Crippen molar-refractivity contribution < 1.29 is 9.59 Å². The largest absolute Gasteiger partial charge is 0.335 e. The predicted molar refractivity (Wildman–Crippen MR) is 89.0 cm³/mol. The number of imide groups is 1. The van der Waals surface area contributed by atoms with Gasteiger partial charge in [-0.05, 0) is 54.3 Å². The Hall–Kier alpha value is -2.42. The van der Waals surface area contributed by atoms with Crippen LogP contribution in [0.25, 0.3) is 5.69 Å². The fraction of sp³-hybridized carbons (Fsp3) is 0.400. The molecule has 0 spiro atoms. The topological polar surface area (TPSA) is 102 Å². The van der Waals surface area contributed by atoms with Crippen LogP contribution in [0.15, 0.2) is 23.4 Å². The third-order valence-electron chi connectivity index (χ3n) is 3.74. The van der Waals surface area contributed by atoms with Crippen LogP contribution in [-0.4, -0.2) is 43.9 Å². The summed E-state index contributed by atoms with van der Waals surface area (Å²) in [4.78, 5) is 23.4. The monoisotopic (exact) mass is 346 g/mol. The van der Waals surface area contributed by atoms with E-state index in [4.69, 9.17) is 0 Å². The van der Waals surface area contributed by atoms with Crippen molar-refractivity contribution in [2.45, 2.75) is 37.9 Å². The fourth-order valence-corrected chi connectivity index (χ4v) is 2.81. The molecule has 0 atom stereocenters. The number of hydrogen-bond acceptors (Lipinski definition) is 6. The number of aromatic nitrogens is 4. The highest BCUT2D eigenvalue weighted by molar-refractivity contribution is 7.99. The Balaban J connectivity index is 1.62. The van der Waals surface area contributed by atoms with E-state index in [1.54, 1.807) is 4.68 Å². The van der Waals surface area contributed by atoms with E-state index in [0.717, 1.165) is 29.7 Å². The molecule has 0 aliphatic heterocycles. The molecule has 3 amide bonds. The highest BCUT2D eigenvalue weighted by atomic mass is 32.2. The molecule has 1 aromatic heterocycles. The number of benzene rings is 1. The Morgan fingerprint density at radius 2 is 2.12 bits per heavy atom. The number of nitrogens with one attached hydrogen (secondary N) is 2. The lowest BCUT2D eigenvalue weighted by atomic mass is 10.1. The molecule has 3 rings (SSSR count). The third-order valence-corrected chi connectivity index (χ3v) is 4.66. The first-order chi connectivity index (χ1) is 11.5. The van der Waals surface area contributed by atoms with Crippen molar-refractivity contribution in [3.63, 3.8) is 0 Å². The normalized spacial score (nSPS) is 13.6. The maximum Gasteiger partial charge on any atom is 0.321 e. The molecule has 126 valence electrons. The van der Waals surface area contributed by atoms with Gasteiger partial charge < -0.3 is 5.32 Å². The summed E-state index contributed by atoms with van der Waals surface area (Å²) in [5.74, 6) is -0.322. The van der Waals surface area contributed by atoms with Crippen molar-refractivity contribution in [1.29, 1.82) is 0 Å². The smallest absolute Gasteiger partial charge is 0.321 e. The Labute approximate surface area is 143 Å². The molecule has 2 N–H and O–H groups in total. The summed E-state index contributed by atoms with van der Waals surface area (Å²) in [6.45, 7) is 4.01. The van der Waals surface area contributed by atoms with E-state index < -0.39 is 6.03 Å². The highest BCUT2D eigenvalue weighted by Crippen LogP contribution is 2.22. The van der Waals surface area contributed by atoms with Gasteiger partial charge in [0.15, 0.2) is 0 Å². The molecule has 1 heterocycles. The van der Waals surface area contributed by atoms with Gasteiger partial charge in [0.25, 0.3) is 0 Å². The molecule has 9 heteroatoms. The standard InChI is InChI=1S/C15H18N6O2S/c1-9-4-3-5-12(10(9)2)21-15(18-19-20-21)24-8-13(22)17-14(23)16-11-6-7-11/h3-5,11H,6-8H2,1-2H3,(H2,16,17,22,23). The van der Waals surface area contributed by atoms with Crippen LogP contribution in [0.5, 0.6) is 0 Å². The molecule has 1 aliphatic carbocycles. The van der Waals surface area contributed by atoms with Crippen LogP contribution in [-0.2, 0) is 4.79 Å². The zero-order chi connectivity index (χ0) is 17.1. The number of carbonyl (C=O) groups excluding carboxylic acids is 2. The summed E-state index contributed by atoms with van der Waals surface area (Å²) in [6.07, 6.45) is 1.95. The van der Waals surface area contributed by atoms with E-state index in [1.165, 1.54) is 11.8 Å². The molecule has 24 heavy (non-hydrogen) atoms. The first kappa shape index (κ1) is 16.4. The molecule has 2 aromatic rings. The summed E-state index contributed by atoms with van der Waals surface area (Å²) in [6, 6.07) is 5.63. The van der Waals surface area contributed by atoms with Gasteiger partial charge in [0.2, 0.25) is 11.1 Å². The summed E-state index contributed by atoms with van der Waals surface area (Å²) in [7, 11) is 0. The molecular weight excluding hydrogens is 328 g/mol. The molecule has 0 radical (unpaired) electrons. The van der Waals surface area contributed by atoms with Gasteiger partial charge in [0.05, 0.1) is 11.4 Å². The second kappa shape index (κ2) is 7.00. The number of nitrogens with zero attached hydrogens (tertiary/aromatic N) is 4. The number of rotatable bonds is 5. The van der Waals surface area contributed by atoms with Crippen LogP contribution in [0.2, 0.25) is 0 Å². The summed E-state index contributed by atoms with van der Waals surface area (Å²) >= 11 is 1.18. The minimum absolute atomic E-state index is 0.0589. The van der Waals surface area contributed by atoms with Crippen molar-refractivity contribution in [3.05, 3.63) is 29.3 Å². The van der Waals surface area contributed by atoms with E-state index in [-0.39, 0.29) is 17.7 Å². The highest BCUT2D eigenvalue weighted by Gasteiger charge is 2.24. The van der Waals surface area contributed by atoms with Gasteiger partial charge in [-0.2, -0.15) is 4.68 Å². The maximum atomic E-state index is 11.8. The van der Waals surface area contributed by atoms with Gasteiger partial charge >= 0.3 is 6.03 Å². The fourth-order valence-electron chi connectivity index (χ4n) is 2.13. The van der Waals surface area contributed by atoms with E-state index >= 15 is 0 Å². The molecule has 1 aliphatic rings. The minimum Gasteiger partial charge on any atom is -0.335 e. The molecule has 1 saturated carbocycles. The second-order valence-corrected chi connectivity index (χ2v) is 6.62. The van der Waals surface area contributed by atoms with Crippen LogP contribution >= 0.6 is 11.8 Å². The molecule has 0 unspecified atom stereocenters. The first-order valence-corrected chi connectivity index (χ1v) is 8.61. The lowest BCUT2D eigenvalue weighted by molar-refractivity contribution is -0.117. The number of tetrazole rings is 1. The van der Waals surface area contributed by atoms with Gasteiger partial charge in [0, 0.05) is 6.04 Å². The van der Waals surface area contributed by atoms with Crippen molar-refractivity contribution in [3.8, 4) is 5.69 Å². The number of carbonyl (C=O) groups is 2. The summed E-state index contributed by atoms with van der Waals surface area (Å²) in [5, 5.41) is 17.2. The number of urea groups is 1. The molecule has 0 saturated heterocycles. The third kappa shape index (κ3) is 3.91. The lowest BCUT2D eigenvalue weighted by Gasteiger charge is -2.09. The Bertz CT molecular complexity index is 771. The number of hydrogen-bond donors (Lipinski definition) is 2. The van der Waals surface area contributed by atoms with E-state index in [1.807, 2.05) is 32.0 Å². The molecule has 1 aromatic carbocycles. The van der Waals surface area contributed by atoms with E-state index in [0.29, 0.717) is 5.16 Å². The number of aryl methyl sites for hydroxylation is 1. The molecule has 8 nitrogen and oxygen atoms in total. The van der Waals surface area contributed by atoms with Crippen LogP contribution in [0.3, 0.4) is 0 Å². The van der Waals surface area contributed by atoms with E-state index in [2.05, 4.69) is 26.2 Å². The SMILES string of the molecule is Cc1cccc(-n2nnnc2SCC(=O)NC(=O)NC2CC2)c1C. The van der Waals surface area contributed by atoms with Gasteiger partial charge in [-0.1, -0.05) is 23.9 Å². The van der Waals surface area contributed by atoms with Crippen LogP contribution in [0.4, 0.5) is 4.79 Å². The van der Waals surface area contributed by atoms with Crippen LogP contribution < -0.4 is 10.6 Å². The Morgan fingerprint density at radius 3 is 2.88 bits per heavy atom. The summed E-state index contributed by atoms with van der Waals surface area (Å²) in [5.41, 5.74) is 3.07. The van der Waals surface area contributed by atoms with Crippen LogP contribution in [0.1, 0.15) is 24.0 Å². The van der Waals surface area contributed by atoms with Gasteiger partial charge in [-0.3, -0.25) is 10.1 Å². The van der Waals surface area contributed by atoms with Crippen LogP contribution in [0, 0.1) is 13.8 Å². The van der Waals surface area contributed by atoms with E-state index in [9.17, 15) is 9.59 Å². The maximum absolute atomic E-state index is 11.8. The second-order valence-electron chi connectivity index (χ2n) is 5.68. The van der Waals surface area contributed by atoms with Gasteiger partial charge in [-0.25, -0.2) is 4.79 Å². The molecular formula is C15H18N6O2S. The zero-order valence-electron chi connectivity index (χ0n) is 13.4. The lowest BCUT2D eigenvalue weighted by Crippen LogP contribution is -2.41. The summed E-state index contributed by atoms with van der Waals surface area (Å²) < 4.78 is 1.60. The first-order valence-electron chi connectivity index (χ1n) is 7.62. The predicted octanol–water partition coefficient (Wildman–Crippen LogP) is 1.36. The number of amides is 3. The van der Waals surface area contributed by atoms with Gasteiger partial charge in [-0.15, -0.1) is 5.10 Å². The average Bonchev–Trinajstić information content (AvgIpc) is 3.22. The van der Waals surface area contributed by atoms with Crippen molar-refractivity contribution in [2.75, 3.05) is 5.75 Å². The Morgan fingerprint density at radius 1 is 1.33 bits per heavy atom. The van der Waals surface area contributed by atoms with Crippen molar-refractivity contribution in [2.24, 2.45) is 0 Å². The quantitative estimate of drug-likeness (QED) is 0.793. The zero-order valence-corrected chi connectivity index (χ0v) is 14.3. The number of thioether (sulfide) groups is 1.